The van der Waals surface area contributed by atoms with Crippen LogP contribution in [0.25, 0.3) is 11.1 Å². The Kier molecular flexibility index (Phi) is 5.32. The van der Waals surface area contributed by atoms with Crippen LogP contribution >= 0.6 is 0 Å². The van der Waals surface area contributed by atoms with E-state index in [9.17, 15) is 13.2 Å². The minimum Gasteiger partial charge on any atom is -0.472 e. The van der Waals surface area contributed by atoms with Gasteiger partial charge in [0.15, 0.2) is 9.84 Å². The molecule has 6 nitrogen and oxygen atoms in total. The highest BCUT2D eigenvalue weighted by Crippen LogP contribution is 2.35. The maximum absolute atomic E-state index is 12.8. The number of esters is 1. The fourth-order valence-electron chi connectivity index (χ4n) is 2.94. The number of sulfone groups is 1. The van der Waals surface area contributed by atoms with E-state index in [1.54, 1.807) is 49.7 Å². The number of hydrogen-bond donors (Lipinski definition) is 1. The number of carbonyl (C=O) groups excluding carboxylic acids is 1. The number of methoxy groups -OCH3 is 1. The summed E-state index contributed by atoms with van der Waals surface area (Å²) in [7, 11) is -0.690. The van der Waals surface area contributed by atoms with Gasteiger partial charge in [0.2, 0.25) is 0 Å². The summed E-state index contributed by atoms with van der Waals surface area (Å²) >= 11 is 0. The van der Waals surface area contributed by atoms with Gasteiger partial charge in [-0.3, -0.25) is 0 Å². The second kappa shape index (κ2) is 7.67. The molecule has 0 aliphatic heterocycles. The van der Waals surface area contributed by atoms with Gasteiger partial charge in [0, 0.05) is 18.2 Å². The topological polar surface area (TPSA) is 85.6 Å². The lowest BCUT2D eigenvalue weighted by atomic mass is 9.98. The lowest BCUT2D eigenvalue weighted by molar-refractivity contribution is 0.0601. The molecule has 0 aliphatic rings. The number of nitrogens with one attached hydrogen (secondary N) is 1. The van der Waals surface area contributed by atoms with Crippen LogP contribution in [0.5, 0.6) is 0 Å². The smallest absolute Gasteiger partial charge is 0.340 e. The molecule has 3 rings (SSSR count). The van der Waals surface area contributed by atoms with E-state index < -0.39 is 15.8 Å². The van der Waals surface area contributed by atoms with Gasteiger partial charge >= 0.3 is 5.97 Å². The molecule has 3 aromatic rings. The Morgan fingerprint density at radius 1 is 1.11 bits per heavy atom. The average molecular weight is 385 g/mol. The van der Waals surface area contributed by atoms with Crippen molar-refractivity contribution in [2.75, 3.05) is 19.5 Å². The van der Waals surface area contributed by atoms with E-state index in [1.807, 2.05) is 0 Å². The molecule has 2 aromatic carbocycles. The van der Waals surface area contributed by atoms with Gasteiger partial charge in [-0.2, -0.15) is 0 Å². The van der Waals surface area contributed by atoms with Gasteiger partial charge in [-0.1, -0.05) is 30.3 Å². The Morgan fingerprint density at radius 2 is 1.85 bits per heavy atom. The van der Waals surface area contributed by atoms with Crippen LogP contribution in [-0.4, -0.2) is 28.5 Å². The number of rotatable bonds is 6. The second-order valence-electron chi connectivity index (χ2n) is 5.85. The third-order valence-corrected chi connectivity index (χ3v) is 5.89. The lowest BCUT2D eigenvalue weighted by Crippen LogP contribution is -2.14. The summed E-state index contributed by atoms with van der Waals surface area (Å²) in [6, 6.07) is 13.3. The van der Waals surface area contributed by atoms with E-state index in [0.29, 0.717) is 16.8 Å². The van der Waals surface area contributed by atoms with Crippen LogP contribution in [0.3, 0.4) is 0 Å². The van der Waals surface area contributed by atoms with Crippen LogP contribution in [-0.2, 0) is 20.3 Å². The summed E-state index contributed by atoms with van der Waals surface area (Å²) < 4.78 is 35.6. The molecule has 1 aromatic heterocycles. The van der Waals surface area contributed by atoms with Crippen LogP contribution in [0.15, 0.2) is 70.4 Å². The summed E-state index contributed by atoms with van der Waals surface area (Å²) in [5.41, 5.74) is 2.53. The number of ether oxygens (including phenoxy) is 1. The van der Waals surface area contributed by atoms with E-state index in [-0.39, 0.29) is 16.2 Å². The number of benzene rings is 2. The minimum absolute atomic E-state index is 0.193. The highest BCUT2D eigenvalue weighted by molar-refractivity contribution is 7.90. The Balaban J connectivity index is 2.14. The normalized spacial score (nSPS) is 11.2. The Bertz CT molecular complexity index is 1040. The van der Waals surface area contributed by atoms with Gasteiger partial charge < -0.3 is 14.5 Å². The van der Waals surface area contributed by atoms with Crippen LogP contribution in [0, 0.1) is 0 Å². The zero-order valence-corrected chi connectivity index (χ0v) is 15.7. The molecule has 0 radical (unpaired) electrons. The van der Waals surface area contributed by atoms with Crippen molar-refractivity contribution in [3.63, 3.8) is 0 Å². The first kappa shape index (κ1) is 18.7. The molecule has 0 fully saturated rings. The van der Waals surface area contributed by atoms with Crippen molar-refractivity contribution in [3.05, 3.63) is 72.2 Å². The summed E-state index contributed by atoms with van der Waals surface area (Å²) in [6.07, 6.45) is 3.08. The molecule has 0 saturated carbocycles. The third-order valence-electron chi connectivity index (χ3n) is 4.21. The molecule has 1 heterocycles. The summed E-state index contributed by atoms with van der Waals surface area (Å²) in [5.74, 6) is -0.926. The van der Waals surface area contributed by atoms with Gasteiger partial charge in [0.25, 0.3) is 0 Å². The van der Waals surface area contributed by atoms with E-state index in [0.717, 1.165) is 5.56 Å². The highest BCUT2D eigenvalue weighted by Gasteiger charge is 2.25. The third kappa shape index (κ3) is 3.73. The van der Waals surface area contributed by atoms with Crippen molar-refractivity contribution >= 4 is 21.5 Å². The molecule has 7 heteroatoms. The zero-order chi connectivity index (χ0) is 19.4. The molecular weight excluding hydrogens is 366 g/mol. The largest absolute Gasteiger partial charge is 0.472 e. The zero-order valence-electron chi connectivity index (χ0n) is 14.9. The van der Waals surface area contributed by atoms with Crippen LogP contribution in [0.2, 0.25) is 0 Å². The second-order valence-corrected chi connectivity index (χ2v) is 7.84. The summed E-state index contributed by atoms with van der Waals surface area (Å²) in [5, 5.41) is 3.00. The summed E-state index contributed by atoms with van der Waals surface area (Å²) in [6.45, 7) is 0. The Labute approximate surface area is 157 Å². The fourth-order valence-corrected chi connectivity index (χ4v) is 4.32. The molecule has 0 aliphatic carbocycles. The van der Waals surface area contributed by atoms with Crippen molar-refractivity contribution in [2.24, 2.45) is 0 Å². The first-order chi connectivity index (χ1) is 13.0. The lowest BCUT2D eigenvalue weighted by Gasteiger charge is -2.17. The summed E-state index contributed by atoms with van der Waals surface area (Å²) in [4.78, 5) is 12.7. The molecule has 0 spiro atoms. The van der Waals surface area contributed by atoms with Crippen molar-refractivity contribution in [2.45, 2.75) is 10.6 Å². The molecule has 0 bridgehead atoms. The number of furan rings is 1. The minimum atomic E-state index is -3.62. The van der Waals surface area contributed by atoms with Crippen molar-refractivity contribution in [1.29, 1.82) is 0 Å². The number of carbonyl (C=O) groups is 1. The Hall–Kier alpha value is -3.06. The fraction of sp³-hybridized carbons (Fsp3) is 0.150. The van der Waals surface area contributed by atoms with Crippen molar-refractivity contribution in [3.8, 4) is 11.1 Å². The monoisotopic (exact) mass is 385 g/mol. The standard InChI is InChI=1S/C20H19NO5S/c1-21-19-17(14-10-11-26-12-14)9-8-15(18(19)20(22)25-2)13-27(23,24)16-6-4-3-5-7-16/h3-12,21H,13H2,1-2H3. The predicted octanol–water partition coefficient (Wildman–Crippen LogP) is 3.75. The van der Waals surface area contributed by atoms with Gasteiger partial charge in [-0.25, -0.2) is 13.2 Å². The average Bonchev–Trinajstić information content (AvgIpc) is 3.22. The van der Waals surface area contributed by atoms with Crippen molar-refractivity contribution in [1.82, 2.24) is 0 Å². The highest BCUT2D eigenvalue weighted by atomic mass is 32.2. The predicted molar refractivity (Wildman–Crippen MR) is 102 cm³/mol. The van der Waals surface area contributed by atoms with Crippen LogP contribution in [0.1, 0.15) is 15.9 Å². The van der Waals surface area contributed by atoms with Gasteiger partial charge in [0.05, 0.1) is 41.5 Å². The molecular formula is C20H19NO5S. The van der Waals surface area contributed by atoms with E-state index in [2.05, 4.69) is 5.32 Å². The molecule has 1 N–H and O–H groups in total. The van der Waals surface area contributed by atoms with Crippen LogP contribution in [0.4, 0.5) is 5.69 Å². The maximum atomic E-state index is 12.8. The SMILES string of the molecule is CNc1c(-c2ccoc2)ccc(CS(=O)(=O)c2ccccc2)c1C(=O)OC. The quantitative estimate of drug-likeness (QED) is 0.651. The molecule has 0 saturated heterocycles. The molecule has 27 heavy (non-hydrogen) atoms. The number of anilines is 1. The van der Waals surface area contributed by atoms with Crippen LogP contribution < -0.4 is 5.32 Å². The molecule has 0 unspecified atom stereocenters. The molecule has 0 amide bonds. The van der Waals surface area contributed by atoms with Gasteiger partial charge in [0.1, 0.15) is 0 Å². The van der Waals surface area contributed by atoms with E-state index in [4.69, 9.17) is 9.15 Å². The van der Waals surface area contributed by atoms with E-state index in [1.165, 1.54) is 25.5 Å². The Morgan fingerprint density at radius 3 is 2.44 bits per heavy atom. The first-order valence-electron chi connectivity index (χ1n) is 8.20. The van der Waals surface area contributed by atoms with Gasteiger partial charge in [-0.15, -0.1) is 0 Å². The van der Waals surface area contributed by atoms with Gasteiger partial charge in [-0.05, 0) is 23.8 Å². The number of hydrogen-bond acceptors (Lipinski definition) is 6. The first-order valence-corrected chi connectivity index (χ1v) is 9.85. The van der Waals surface area contributed by atoms with Crippen molar-refractivity contribution < 1.29 is 22.4 Å². The maximum Gasteiger partial charge on any atom is 0.340 e. The molecule has 0 atom stereocenters. The molecule has 140 valence electrons. The van der Waals surface area contributed by atoms with E-state index >= 15 is 0 Å².